The van der Waals surface area contributed by atoms with E-state index in [1.807, 2.05) is 0 Å². The van der Waals surface area contributed by atoms with Gasteiger partial charge in [-0.05, 0) is 28.1 Å². The molecule has 0 fully saturated rings. The van der Waals surface area contributed by atoms with Gasteiger partial charge in [0.2, 0.25) is 0 Å². The van der Waals surface area contributed by atoms with Crippen LogP contribution in [0.15, 0.2) is 22.7 Å². The average molecular weight is 310 g/mol. The molecule has 0 amide bonds. The zero-order valence-corrected chi connectivity index (χ0v) is 9.86. The van der Waals surface area contributed by atoms with Crippen LogP contribution in [0.4, 0.5) is 4.39 Å². The number of rotatable bonds is 3. The van der Waals surface area contributed by atoms with Crippen molar-refractivity contribution in [2.45, 2.75) is 6.42 Å². The van der Waals surface area contributed by atoms with E-state index in [0.717, 1.165) is 0 Å². The Morgan fingerprint density at radius 2 is 2.15 bits per heavy atom. The maximum atomic E-state index is 13.0. The molecule has 1 aromatic rings. The van der Waals surface area contributed by atoms with E-state index in [1.165, 1.54) is 12.1 Å². The highest BCUT2D eigenvalue weighted by molar-refractivity contribution is 9.10. The molecule has 0 N–H and O–H groups in total. The van der Waals surface area contributed by atoms with Crippen LogP contribution >= 0.6 is 31.9 Å². The Labute approximate surface area is 92.6 Å². The highest BCUT2D eigenvalue weighted by Crippen LogP contribution is 2.17. The van der Waals surface area contributed by atoms with Crippen molar-refractivity contribution in [2.75, 3.05) is 5.33 Å². The van der Waals surface area contributed by atoms with Crippen molar-refractivity contribution in [3.05, 3.63) is 34.1 Å². The van der Waals surface area contributed by atoms with Gasteiger partial charge >= 0.3 is 0 Å². The summed E-state index contributed by atoms with van der Waals surface area (Å²) in [4.78, 5) is 11.3. The van der Waals surface area contributed by atoms with Gasteiger partial charge < -0.3 is 0 Å². The van der Waals surface area contributed by atoms with Gasteiger partial charge in [0.1, 0.15) is 5.82 Å². The van der Waals surface area contributed by atoms with Crippen molar-refractivity contribution in [3.8, 4) is 0 Å². The summed E-state index contributed by atoms with van der Waals surface area (Å²) in [6.07, 6.45) is 0.390. The van der Waals surface area contributed by atoms with Crippen LogP contribution in [0.25, 0.3) is 0 Å². The maximum Gasteiger partial charge on any atom is 0.163 e. The third-order valence-electron chi connectivity index (χ3n) is 1.56. The molecule has 13 heavy (non-hydrogen) atoms. The minimum Gasteiger partial charge on any atom is -0.294 e. The molecule has 0 aliphatic rings. The van der Waals surface area contributed by atoms with Gasteiger partial charge in [0.15, 0.2) is 5.78 Å². The maximum absolute atomic E-state index is 13.0. The number of ketones is 1. The molecular formula is C9H7Br2FO. The van der Waals surface area contributed by atoms with E-state index >= 15 is 0 Å². The van der Waals surface area contributed by atoms with Crippen molar-refractivity contribution in [3.63, 3.8) is 0 Å². The quantitative estimate of drug-likeness (QED) is 0.616. The first-order valence-electron chi connectivity index (χ1n) is 3.69. The summed E-state index contributed by atoms with van der Waals surface area (Å²) < 4.78 is 13.3. The van der Waals surface area contributed by atoms with Gasteiger partial charge in [0, 0.05) is 17.3 Å². The van der Waals surface area contributed by atoms with E-state index in [9.17, 15) is 9.18 Å². The molecule has 0 aliphatic heterocycles. The summed E-state index contributed by atoms with van der Waals surface area (Å²) in [5, 5.41) is 0.601. The zero-order valence-electron chi connectivity index (χ0n) is 6.69. The third kappa shape index (κ3) is 2.88. The van der Waals surface area contributed by atoms with E-state index < -0.39 is 5.82 Å². The normalized spacial score (nSPS) is 10.1. The fourth-order valence-corrected chi connectivity index (χ4v) is 1.51. The van der Waals surface area contributed by atoms with Crippen molar-refractivity contribution in [2.24, 2.45) is 0 Å². The lowest BCUT2D eigenvalue weighted by Gasteiger charge is -1.99. The Kier molecular flexibility index (Phi) is 4.06. The number of halogens is 3. The summed E-state index contributed by atoms with van der Waals surface area (Å²) >= 11 is 6.18. The van der Waals surface area contributed by atoms with Crippen LogP contribution in [0, 0.1) is 5.82 Å². The predicted molar refractivity (Wildman–Crippen MR) is 56.8 cm³/mol. The second-order valence-corrected chi connectivity index (χ2v) is 4.14. The molecule has 70 valence electrons. The number of Topliss-reactive ketones (excluding diaryl/α,β-unsaturated/α-hetero) is 1. The molecule has 0 aromatic heterocycles. The fourth-order valence-electron chi connectivity index (χ4n) is 0.900. The largest absolute Gasteiger partial charge is 0.294 e. The van der Waals surface area contributed by atoms with Crippen LogP contribution in [0.2, 0.25) is 0 Å². The molecule has 0 atom stereocenters. The molecule has 0 heterocycles. The van der Waals surface area contributed by atoms with Gasteiger partial charge in [-0.3, -0.25) is 4.79 Å². The van der Waals surface area contributed by atoms with E-state index in [1.54, 1.807) is 6.07 Å². The first kappa shape index (κ1) is 10.9. The van der Waals surface area contributed by atoms with E-state index in [0.29, 0.717) is 21.8 Å². The van der Waals surface area contributed by atoms with Crippen molar-refractivity contribution in [1.82, 2.24) is 0 Å². The SMILES string of the molecule is O=C(CCBr)c1ccc(Br)c(F)c1. The van der Waals surface area contributed by atoms with Crippen LogP contribution in [0.3, 0.4) is 0 Å². The van der Waals surface area contributed by atoms with Crippen LogP contribution in [0.1, 0.15) is 16.8 Å². The van der Waals surface area contributed by atoms with Gasteiger partial charge in [-0.15, -0.1) is 0 Å². The Bertz CT molecular complexity index is 325. The molecule has 0 saturated carbocycles. The topological polar surface area (TPSA) is 17.1 Å². The van der Waals surface area contributed by atoms with Gasteiger partial charge in [0.05, 0.1) is 4.47 Å². The first-order chi connectivity index (χ1) is 6.15. The lowest BCUT2D eigenvalue weighted by Crippen LogP contribution is -1.99. The number of hydrogen-bond acceptors (Lipinski definition) is 1. The molecule has 1 aromatic carbocycles. The van der Waals surface area contributed by atoms with Gasteiger partial charge in [-0.25, -0.2) is 4.39 Å². The highest BCUT2D eigenvalue weighted by atomic mass is 79.9. The minimum atomic E-state index is -0.402. The smallest absolute Gasteiger partial charge is 0.163 e. The monoisotopic (exact) mass is 308 g/mol. The standard InChI is InChI=1S/C9H7Br2FO/c10-4-3-9(13)6-1-2-7(11)8(12)5-6/h1-2,5H,3-4H2. The fraction of sp³-hybridized carbons (Fsp3) is 0.222. The van der Waals surface area contributed by atoms with Gasteiger partial charge in [-0.2, -0.15) is 0 Å². The summed E-state index contributed by atoms with van der Waals surface area (Å²) in [6, 6.07) is 4.39. The van der Waals surface area contributed by atoms with Crippen molar-refractivity contribution < 1.29 is 9.18 Å². The second kappa shape index (κ2) is 4.86. The second-order valence-electron chi connectivity index (χ2n) is 2.49. The molecule has 4 heteroatoms. The first-order valence-corrected chi connectivity index (χ1v) is 5.61. The van der Waals surface area contributed by atoms with Crippen LogP contribution < -0.4 is 0 Å². The number of hydrogen-bond donors (Lipinski definition) is 0. The Morgan fingerprint density at radius 1 is 1.46 bits per heavy atom. The molecular weight excluding hydrogens is 303 g/mol. The summed E-state index contributed by atoms with van der Waals surface area (Å²) in [7, 11) is 0. The lowest BCUT2D eigenvalue weighted by atomic mass is 10.1. The van der Waals surface area contributed by atoms with E-state index in [4.69, 9.17) is 0 Å². The van der Waals surface area contributed by atoms with Crippen LogP contribution in [-0.4, -0.2) is 11.1 Å². The Balaban J connectivity index is 2.90. The van der Waals surface area contributed by atoms with E-state index in [2.05, 4.69) is 31.9 Å². The summed E-state index contributed by atoms with van der Waals surface area (Å²) in [5.74, 6) is -0.455. The summed E-state index contributed by atoms with van der Waals surface area (Å²) in [6.45, 7) is 0. The highest BCUT2D eigenvalue weighted by Gasteiger charge is 2.07. The predicted octanol–water partition coefficient (Wildman–Crippen LogP) is 3.56. The number of alkyl halides is 1. The molecule has 0 unspecified atom stereocenters. The molecule has 0 bridgehead atoms. The molecule has 0 saturated heterocycles. The van der Waals surface area contributed by atoms with Crippen molar-refractivity contribution >= 4 is 37.6 Å². The summed E-state index contributed by atoms with van der Waals surface area (Å²) in [5.41, 5.74) is 0.417. The van der Waals surface area contributed by atoms with Gasteiger partial charge in [-0.1, -0.05) is 22.0 Å². The molecule has 0 aliphatic carbocycles. The van der Waals surface area contributed by atoms with Crippen LogP contribution in [0.5, 0.6) is 0 Å². The van der Waals surface area contributed by atoms with Crippen molar-refractivity contribution in [1.29, 1.82) is 0 Å². The van der Waals surface area contributed by atoms with Gasteiger partial charge in [0.25, 0.3) is 0 Å². The Morgan fingerprint density at radius 3 is 2.69 bits per heavy atom. The average Bonchev–Trinajstić information content (AvgIpc) is 2.10. The number of benzene rings is 1. The van der Waals surface area contributed by atoms with Crippen LogP contribution in [-0.2, 0) is 0 Å². The molecule has 1 rings (SSSR count). The molecule has 1 nitrogen and oxygen atoms in total. The van der Waals surface area contributed by atoms with E-state index in [-0.39, 0.29) is 5.78 Å². The third-order valence-corrected chi connectivity index (χ3v) is 2.60. The lowest BCUT2D eigenvalue weighted by molar-refractivity contribution is 0.0989. The Hall–Kier alpha value is -0.220. The number of carbonyl (C=O) groups excluding carboxylic acids is 1. The molecule has 0 spiro atoms. The minimum absolute atomic E-state index is 0.0525. The number of carbonyl (C=O) groups is 1. The zero-order chi connectivity index (χ0) is 9.84. The molecule has 0 radical (unpaired) electrons.